The van der Waals surface area contributed by atoms with Crippen LogP contribution < -0.4 is 10.1 Å². The SMILES string of the molecule is COc1ccc(-c2cn3ccc(C)cc3n2)cc1NC(=O)CCc1cccc(C)c1. The van der Waals surface area contributed by atoms with Crippen LogP contribution in [0.5, 0.6) is 5.75 Å². The molecule has 0 saturated carbocycles. The van der Waals surface area contributed by atoms with Crippen LogP contribution in [0.15, 0.2) is 67.0 Å². The van der Waals surface area contributed by atoms with Gasteiger partial charge in [0.15, 0.2) is 0 Å². The van der Waals surface area contributed by atoms with Crippen LogP contribution >= 0.6 is 0 Å². The van der Waals surface area contributed by atoms with Crippen LogP contribution in [0.1, 0.15) is 23.1 Å². The molecule has 0 aliphatic carbocycles. The van der Waals surface area contributed by atoms with E-state index in [-0.39, 0.29) is 5.91 Å². The average Bonchev–Trinajstić information content (AvgIpc) is 3.15. The van der Waals surface area contributed by atoms with Gasteiger partial charge in [-0.1, -0.05) is 29.8 Å². The Morgan fingerprint density at radius 1 is 1.07 bits per heavy atom. The van der Waals surface area contributed by atoms with Crippen molar-refractivity contribution in [2.75, 3.05) is 12.4 Å². The van der Waals surface area contributed by atoms with Gasteiger partial charge in [0.25, 0.3) is 0 Å². The molecule has 30 heavy (non-hydrogen) atoms. The number of rotatable bonds is 6. The fourth-order valence-corrected chi connectivity index (χ4v) is 3.53. The van der Waals surface area contributed by atoms with Crippen LogP contribution in [0.4, 0.5) is 5.69 Å². The maximum atomic E-state index is 12.6. The fourth-order valence-electron chi connectivity index (χ4n) is 3.53. The molecule has 0 radical (unpaired) electrons. The van der Waals surface area contributed by atoms with Crippen molar-refractivity contribution in [1.29, 1.82) is 0 Å². The van der Waals surface area contributed by atoms with Gasteiger partial charge in [-0.05, 0) is 61.7 Å². The van der Waals surface area contributed by atoms with E-state index in [0.29, 0.717) is 24.3 Å². The Morgan fingerprint density at radius 3 is 2.70 bits per heavy atom. The normalized spacial score (nSPS) is 10.9. The maximum Gasteiger partial charge on any atom is 0.224 e. The van der Waals surface area contributed by atoms with Gasteiger partial charge in [0, 0.05) is 24.4 Å². The first-order valence-corrected chi connectivity index (χ1v) is 10.0. The summed E-state index contributed by atoms with van der Waals surface area (Å²) in [5.74, 6) is 0.583. The summed E-state index contributed by atoms with van der Waals surface area (Å²) in [5.41, 5.74) is 6.83. The van der Waals surface area contributed by atoms with Gasteiger partial charge in [0.1, 0.15) is 11.4 Å². The van der Waals surface area contributed by atoms with Gasteiger partial charge in [-0.25, -0.2) is 4.98 Å². The van der Waals surface area contributed by atoms with Crippen LogP contribution in [-0.2, 0) is 11.2 Å². The molecule has 0 atom stereocenters. The number of carbonyl (C=O) groups is 1. The van der Waals surface area contributed by atoms with E-state index in [4.69, 9.17) is 9.72 Å². The minimum Gasteiger partial charge on any atom is -0.495 e. The predicted molar refractivity (Wildman–Crippen MR) is 120 cm³/mol. The molecule has 4 rings (SSSR count). The first kappa shape index (κ1) is 19.7. The van der Waals surface area contributed by atoms with Gasteiger partial charge in [0.2, 0.25) is 5.91 Å². The summed E-state index contributed by atoms with van der Waals surface area (Å²) >= 11 is 0. The van der Waals surface area contributed by atoms with E-state index in [1.165, 1.54) is 5.56 Å². The summed E-state index contributed by atoms with van der Waals surface area (Å²) in [6.07, 6.45) is 5.09. The second-order valence-electron chi connectivity index (χ2n) is 7.55. The number of carbonyl (C=O) groups excluding carboxylic acids is 1. The smallest absolute Gasteiger partial charge is 0.224 e. The lowest BCUT2D eigenvalue weighted by Crippen LogP contribution is -2.13. The molecule has 0 saturated heterocycles. The van der Waals surface area contributed by atoms with Gasteiger partial charge >= 0.3 is 0 Å². The van der Waals surface area contributed by atoms with E-state index >= 15 is 0 Å². The van der Waals surface area contributed by atoms with Gasteiger partial charge in [0.05, 0.1) is 18.5 Å². The zero-order valence-corrected chi connectivity index (χ0v) is 17.5. The van der Waals surface area contributed by atoms with Gasteiger partial charge in [-0.3, -0.25) is 4.79 Å². The number of ether oxygens (including phenoxy) is 1. The highest BCUT2D eigenvalue weighted by Gasteiger charge is 2.12. The first-order valence-electron chi connectivity index (χ1n) is 10.0. The molecule has 2 aromatic carbocycles. The number of hydrogen-bond acceptors (Lipinski definition) is 3. The van der Waals surface area contributed by atoms with E-state index in [1.807, 2.05) is 66.2 Å². The van der Waals surface area contributed by atoms with Crippen LogP contribution in [0.3, 0.4) is 0 Å². The number of aromatic nitrogens is 2. The highest BCUT2D eigenvalue weighted by molar-refractivity contribution is 5.93. The van der Waals surface area contributed by atoms with Gasteiger partial charge in [-0.2, -0.15) is 0 Å². The molecule has 1 N–H and O–H groups in total. The lowest BCUT2D eigenvalue weighted by molar-refractivity contribution is -0.116. The Morgan fingerprint density at radius 2 is 1.90 bits per heavy atom. The zero-order chi connectivity index (χ0) is 21.1. The number of methoxy groups -OCH3 is 1. The Labute approximate surface area is 176 Å². The molecule has 0 bridgehead atoms. The minimum atomic E-state index is -0.0439. The third-order valence-corrected chi connectivity index (χ3v) is 5.11. The maximum absolute atomic E-state index is 12.6. The fraction of sp³-hybridized carbons (Fsp3) is 0.200. The van der Waals surface area contributed by atoms with Crippen molar-refractivity contribution < 1.29 is 9.53 Å². The Bertz CT molecular complexity index is 1210. The number of anilines is 1. The van der Waals surface area contributed by atoms with Crippen molar-refractivity contribution in [3.63, 3.8) is 0 Å². The van der Waals surface area contributed by atoms with Gasteiger partial charge < -0.3 is 14.5 Å². The van der Waals surface area contributed by atoms with Crippen molar-refractivity contribution >= 4 is 17.2 Å². The molecule has 0 spiro atoms. The molecule has 4 aromatic rings. The van der Waals surface area contributed by atoms with Crippen molar-refractivity contribution in [3.05, 3.63) is 83.7 Å². The highest BCUT2D eigenvalue weighted by atomic mass is 16.5. The monoisotopic (exact) mass is 399 g/mol. The van der Waals surface area contributed by atoms with E-state index in [2.05, 4.69) is 24.4 Å². The summed E-state index contributed by atoms with van der Waals surface area (Å²) in [7, 11) is 1.60. The molecule has 0 fully saturated rings. The average molecular weight is 399 g/mol. The number of nitrogens with one attached hydrogen (secondary N) is 1. The first-order chi connectivity index (χ1) is 14.5. The largest absolute Gasteiger partial charge is 0.495 e. The van der Waals surface area contributed by atoms with Crippen molar-refractivity contribution in [3.8, 4) is 17.0 Å². The third-order valence-electron chi connectivity index (χ3n) is 5.11. The summed E-state index contributed by atoms with van der Waals surface area (Å²) in [6.45, 7) is 4.10. The molecular formula is C25H25N3O2. The Kier molecular flexibility index (Phi) is 5.53. The topological polar surface area (TPSA) is 55.6 Å². The highest BCUT2D eigenvalue weighted by Crippen LogP contribution is 2.30. The number of hydrogen-bond donors (Lipinski definition) is 1. The standard InChI is InChI=1S/C25H25N3O2/c1-17-5-4-6-19(13-17)7-10-25(29)27-21-15-20(8-9-23(21)30-3)22-16-28-12-11-18(2)14-24(28)26-22/h4-6,8-9,11-16H,7,10H2,1-3H3,(H,27,29). The zero-order valence-electron chi connectivity index (χ0n) is 17.5. The predicted octanol–water partition coefficient (Wildman–Crippen LogP) is 5.20. The summed E-state index contributed by atoms with van der Waals surface area (Å²) in [4.78, 5) is 17.3. The molecule has 1 amide bonds. The van der Waals surface area contributed by atoms with Crippen LogP contribution in [-0.4, -0.2) is 22.4 Å². The van der Waals surface area contributed by atoms with Crippen molar-refractivity contribution in [2.24, 2.45) is 0 Å². The lowest BCUT2D eigenvalue weighted by atomic mass is 10.1. The molecule has 5 nitrogen and oxygen atoms in total. The van der Waals surface area contributed by atoms with Crippen molar-refractivity contribution in [2.45, 2.75) is 26.7 Å². The van der Waals surface area contributed by atoms with E-state index in [1.54, 1.807) is 7.11 Å². The van der Waals surface area contributed by atoms with Crippen LogP contribution in [0.2, 0.25) is 0 Å². The molecule has 0 aliphatic rings. The molecule has 2 heterocycles. The number of nitrogens with zero attached hydrogens (tertiary/aromatic N) is 2. The van der Waals surface area contributed by atoms with E-state index in [0.717, 1.165) is 28.0 Å². The second-order valence-corrected chi connectivity index (χ2v) is 7.55. The molecule has 152 valence electrons. The Hall–Kier alpha value is -3.60. The van der Waals surface area contributed by atoms with Crippen molar-refractivity contribution in [1.82, 2.24) is 9.38 Å². The number of fused-ring (bicyclic) bond motifs is 1. The Balaban J connectivity index is 1.54. The number of amides is 1. The number of imidazole rings is 1. The third kappa shape index (κ3) is 4.35. The minimum absolute atomic E-state index is 0.0439. The van der Waals surface area contributed by atoms with E-state index in [9.17, 15) is 4.79 Å². The number of aryl methyl sites for hydroxylation is 3. The number of benzene rings is 2. The summed E-state index contributed by atoms with van der Waals surface area (Å²) < 4.78 is 7.44. The lowest BCUT2D eigenvalue weighted by Gasteiger charge is -2.12. The second kappa shape index (κ2) is 8.41. The molecular weight excluding hydrogens is 374 g/mol. The quantitative estimate of drug-likeness (QED) is 0.485. The van der Waals surface area contributed by atoms with Crippen LogP contribution in [0, 0.1) is 13.8 Å². The van der Waals surface area contributed by atoms with E-state index < -0.39 is 0 Å². The molecule has 2 aromatic heterocycles. The number of pyridine rings is 1. The van der Waals surface area contributed by atoms with Crippen LogP contribution in [0.25, 0.3) is 16.9 Å². The van der Waals surface area contributed by atoms with Gasteiger partial charge in [-0.15, -0.1) is 0 Å². The summed E-state index contributed by atoms with van der Waals surface area (Å²) in [6, 6.07) is 18.1. The molecule has 0 unspecified atom stereocenters. The summed E-state index contributed by atoms with van der Waals surface area (Å²) in [5, 5.41) is 3.00. The molecule has 0 aliphatic heterocycles. The molecule has 5 heteroatoms.